The number of anilines is 1. The summed E-state index contributed by atoms with van der Waals surface area (Å²) < 4.78 is 0. The predicted molar refractivity (Wildman–Crippen MR) is 124 cm³/mol. The van der Waals surface area contributed by atoms with E-state index in [9.17, 15) is 39.9 Å². The third kappa shape index (κ3) is 3.19. The summed E-state index contributed by atoms with van der Waals surface area (Å²) in [5.74, 6) is -7.05. The number of benzene rings is 1. The fraction of sp³-hybridized carbons (Fsp3) is 0.458. The molecule has 4 atom stereocenters. The van der Waals surface area contributed by atoms with Gasteiger partial charge >= 0.3 is 0 Å². The van der Waals surface area contributed by atoms with Gasteiger partial charge in [0.15, 0.2) is 11.4 Å². The van der Waals surface area contributed by atoms with Crippen molar-refractivity contribution in [3.05, 3.63) is 39.7 Å². The van der Waals surface area contributed by atoms with Gasteiger partial charge in [-0.05, 0) is 44.5 Å². The van der Waals surface area contributed by atoms with Crippen LogP contribution in [0.25, 0.3) is 5.76 Å². The second-order valence-electron chi connectivity index (χ2n) is 9.77. The smallest absolute Gasteiger partial charge is 0.255 e. The average Bonchev–Trinajstić information content (AvgIpc) is 2.75. The van der Waals surface area contributed by atoms with Crippen LogP contribution in [0.2, 0.25) is 0 Å². The minimum absolute atomic E-state index is 0.0150. The van der Waals surface area contributed by atoms with Gasteiger partial charge in [-0.25, -0.2) is 0 Å². The van der Waals surface area contributed by atoms with E-state index in [0.717, 1.165) is 0 Å². The number of rotatable bonds is 4. The van der Waals surface area contributed by atoms with Gasteiger partial charge in [0.2, 0.25) is 5.78 Å². The quantitative estimate of drug-likeness (QED) is 0.303. The zero-order valence-corrected chi connectivity index (χ0v) is 19.9. The Bertz CT molecular complexity index is 1230. The van der Waals surface area contributed by atoms with Crippen molar-refractivity contribution >= 4 is 28.9 Å². The molecule has 1 fully saturated rings. The van der Waals surface area contributed by atoms with E-state index in [4.69, 9.17) is 5.73 Å². The van der Waals surface area contributed by atoms with Gasteiger partial charge in [0.05, 0.1) is 18.2 Å². The number of aliphatic hydroxyl groups excluding tert-OH is 3. The van der Waals surface area contributed by atoms with Crippen molar-refractivity contribution in [3.63, 3.8) is 0 Å². The predicted octanol–water partition coefficient (Wildman–Crippen LogP) is -0.478. The number of primary amides is 1. The Morgan fingerprint density at radius 2 is 1.80 bits per heavy atom. The molecule has 0 radical (unpaired) electrons. The molecule has 0 saturated heterocycles. The molecule has 11 heteroatoms. The molecule has 1 amide bonds. The molecule has 3 aliphatic rings. The molecule has 3 aliphatic carbocycles. The highest BCUT2D eigenvalue weighted by atomic mass is 16.3. The van der Waals surface area contributed by atoms with E-state index >= 15 is 0 Å². The molecule has 7 N–H and O–H groups in total. The number of hydrogen-bond donors (Lipinski definition) is 6. The number of phenols is 1. The topological polar surface area (TPSA) is 185 Å². The minimum atomic E-state index is -2.68. The fourth-order valence-corrected chi connectivity index (χ4v) is 5.87. The van der Waals surface area contributed by atoms with E-state index in [-0.39, 0.29) is 29.5 Å². The van der Waals surface area contributed by atoms with Crippen LogP contribution in [-0.4, -0.2) is 87.7 Å². The number of fused-ring (bicyclic) bond motifs is 3. The largest absolute Gasteiger partial charge is 0.508 e. The summed E-state index contributed by atoms with van der Waals surface area (Å²) in [5, 5.41) is 54.2. The molecule has 0 aromatic heterocycles. The van der Waals surface area contributed by atoms with Crippen molar-refractivity contribution in [2.75, 3.05) is 33.1 Å². The molecule has 0 heterocycles. The third-order valence-corrected chi connectivity index (χ3v) is 7.43. The van der Waals surface area contributed by atoms with E-state index in [1.807, 2.05) is 0 Å². The maximum Gasteiger partial charge on any atom is 0.255 e. The van der Waals surface area contributed by atoms with E-state index in [1.54, 1.807) is 39.2 Å². The van der Waals surface area contributed by atoms with Crippen LogP contribution < -0.4 is 10.6 Å². The van der Waals surface area contributed by atoms with Crippen LogP contribution in [-0.2, 0) is 27.4 Å². The Morgan fingerprint density at radius 3 is 2.31 bits per heavy atom. The molecule has 4 rings (SSSR count). The number of nitrogens with zero attached hydrogens (tertiary/aromatic N) is 2. The standard InChI is InChI=1S/C24H29N3O8/c1-26(2)13-7-10(8-28)18(29)15-11(13)5-9-6-12-17(27(3)4)20(31)16(23(25)34)22(33)24(12,35)21(32)14(9)19(15)30/h7,9,12,17,28-30,33,35H,5-6,8H2,1-4H3,(H2,25,34)/t9-,12-,17?,24-/m0/s1. The van der Waals surface area contributed by atoms with Gasteiger partial charge in [-0.2, -0.15) is 0 Å². The van der Waals surface area contributed by atoms with Crippen LogP contribution in [0.15, 0.2) is 23.0 Å². The number of carbonyl (C=O) groups is 3. The third-order valence-electron chi connectivity index (χ3n) is 7.43. The van der Waals surface area contributed by atoms with Gasteiger partial charge in [-0.3, -0.25) is 19.3 Å². The molecule has 1 saturated carbocycles. The Kier molecular flexibility index (Phi) is 5.70. The number of amides is 1. The zero-order chi connectivity index (χ0) is 26.1. The van der Waals surface area contributed by atoms with Crippen LogP contribution in [0.4, 0.5) is 5.69 Å². The lowest BCUT2D eigenvalue weighted by Crippen LogP contribution is -2.65. The zero-order valence-electron chi connectivity index (χ0n) is 19.9. The first-order valence-electron chi connectivity index (χ1n) is 11.1. The highest BCUT2D eigenvalue weighted by Gasteiger charge is 2.64. The summed E-state index contributed by atoms with van der Waals surface area (Å²) in [7, 11) is 6.61. The number of ketones is 2. The van der Waals surface area contributed by atoms with Gasteiger partial charge in [0.1, 0.15) is 22.8 Å². The SMILES string of the molecule is CN(C)c1cc(CO)c(O)c2c1C[C@H]1C[C@H]3C(N(C)C)C(=O)C(C(N)=O)=C(O)[C@@]3(O)C(=O)C1=C2O. The second kappa shape index (κ2) is 8.08. The van der Waals surface area contributed by atoms with Crippen molar-refractivity contribution in [1.29, 1.82) is 0 Å². The molecule has 11 nitrogen and oxygen atoms in total. The summed E-state index contributed by atoms with van der Waals surface area (Å²) in [6.45, 7) is -0.524. The number of aliphatic hydroxyl groups is 4. The molecule has 1 aromatic carbocycles. The van der Waals surface area contributed by atoms with Gasteiger partial charge in [0.25, 0.3) is 5.91 Å². The Labute approximate surface area is 201 Å². The van der Waals surface area contributed by atoms with Crippen molar-refractivity contribution in [3.8, 4) is 5.75 Å². The molecular weight excluding hydrogens is 458 g/mol. The van der Waals surface area contributed by atoms with Gasteiger partial charge in [0, 0.05) is 36.8 Å². The highest BCUT2D eigenvalue weighted by molar-refractivity contribution is 6.24. The molecule has 188 valence electrons. The maximum absolute atomic E-state index is 13.8. The normalized spacial score (nSPS) is 28.1. The van der Waals surface area contributed by atoms with E-state index in [0.29, 0.717) is 11.3 Å². The van der Waals surface area contributed by atoms with E-state index in [2.05, 4.69) is 0 Å². The lowest BCUT2D eigenvalue weighted by molar-refractivity contribution is -0.153. The summed E-state index contributed by atoms with van der Waals surface area (Å²) >= 11 is 0. The summed E-state index contributed by atoms with van der Waals surface area (Å²) in [6.07, 6.45) is 0.197. The molecular formula is C24H29N3O8. The van der Waals surface area contributed by atoms with Gasteiger partial charge in [-0.15, -0.1) is 0 Å². The van der Waals surface area contributed by atoms with E-state index < -0.39 is 70.4 Å². The van der Waals surface area contributed by atoms with Crippen molar-refractivity contribution < 1.29 is 39.9 Å². The molecule has 0 spiro atoms. The van der Waals surface area contributed by atoms with Crippen molar-refractivity contribution in [1.82, 2.24) is 4.90 Å². The first-order valence-corrected chi connectivity index (χ1v) is 11.1. The minimum Gasteiger partial charge on any atom is -0.508 e. The Hall–Kier alpha value is -3.41. The number of Topliss-reactive ketones (excluding diaryl/α,β-unsaturated/α-hetero) is 2. The first-order chi connectivity index (χ1) is 16.3. The average molecular weight is 488 g/mol. The fourth-order valence-electron chi connectivity index (χ4n) is 5.87. The summed E-state index contributed by atoms with van der Waals surface area (Å²) in [4.78, 5) is 42.1. The van der Waals surface area contributed by atoms with Gasteiger partial charge in [-0.1, -0.05) is 0 Å². The van der Waals surface area contributed by atoms with Crippen molar-refractivity contribution in [2.24, 2.45) is 17.6 Å². The number of hydrogen-bond acceptors (Lipinski definition) is 10. The molecule has 1 unspecified atom stereocenters. The summed E-state index contributed by atoms with van der Waals surface area (Å²) in [5.41, 5.74) is 2.79. The second-order valence-corrected chi connectivity index (χ2v) is 9.77. The lowest BCUT2D eigenvalue weighted by atomic mass is 9.57. The molecule has 0 aliphatic heterocycles. The summed E-state index contributed by atoms with van der Waals surface area (Å²) in [6, 6.07) is 0.458. The molecule has 1 aromatic rings. The van der Waals surface area contributed by atoms with Crippen LogP contribution in [0, 0.1) is 11.8 Å². The number of nitrogens with two attached hydrogens (primary N) is 1. The van der Waals surface area contributed by atoms with Crippen LogP contribution in [0.3, 0.4) is 0 Å². The van der Waals surface area contributed by atoms with Crippen molar-refractivity contribution in [2.45, 2.75) is 31.1 Å². The number of aromatic hydroxyl groups is 1. The number of carbonyl (C=O) groups excluding carboxylic acids is 3. The molecule has 0 bridgehead atoms. The van der Waals surface area contributed by atoms with E-state index in [1.165, 1.54) is 4.90 Å². The van der Waals surface area contributed by atoms with Crippen LogP contribution in [0.1, 0.15) is 23.1 Å². The van der Waals surface area contributed by atoms with Crippen LogP contribution in [0.5, 0.6) is 5.75 Å². The first kappa shape index (κ1) is 24.7. The monoisotopic (exact) mass is 487 g/mol. The lowest BCUT2D eigenvalue weighted by Gasteiger charge is -2.50. The Morgan fingerprint density at radius 1 is 1.17 bits per heavy atom. The number of likely N-dealkylation sites (N-methyl/N-ethyl adjacent to an activating group) is 1. The van der Waals surface area contributed by atoms with Gasteiger partial charge < -0.3 is 36.2 Å². The van der Waals surface area contributed by atoms with Crippen LogP contribution >= 0.6 is 0 Å². The Balaban J connectivity index is 2.01. The molecule has 35 heavy (non-hydrogen) atoms. The maximum atomic E-state index is 13.8. The highest BCUT2D eigenvalue weighted by Crippen LogP contribution is 2.54.